The van der Waals surface area contributed by atoms with E-state index in [2.05, 4.69) is 5.16 Å². The molecule has 0 unspecified atom stereocenters. The summed E-state index contributed by atoms with van der Waals surface area (Å²) in [6.07, 6.45) is 0. The maximum Gasteiger partial charge on any atom is 0.254 e. The highest BCUT2D eigenvalue weighted by molar-refractivity contribution is 5.08. The van der Waals surface area contributed by atoms with Crippen molar-refractivity contribution in [1.82, 2.24) is 5.16 Å². The van der Waals surface area contributed by atoms with E-state index in [1.165, 1.54) is 0 Å². The van der Waals surface area contributed by atoms with Crippen molar-refractivity contribution in [2.24, 2.45) is 0 Å². The quantitative estimate of drug-likeness (QED) is 0.602. The first-order valence-electron chi connectivity index (χ1n) is 2.89. The van der Waals surface area contributed by atoms with E-state index in [9.17, 15) is 0 Å². The Morgan fingerprint density at radius 3 is 3.00 bits per heavy atom. The second-order valence-electron chi connectivity index (χ2n) is 1.71. The van der Waals surface area contributed by atoms with Gasteiger partial charge in [0.1, 0.15) is 5.76 Å². The lowest BCUT2D eigenvalue weighted by Crippen LogP contribution is -1.89. The first-order valence-corrected chi connectivity index (χ1v) is 2.89. The molecule has 3 nitrogen and oxygen atoms in total. The van der Waals surface area contributed by atoms with Crippen LogP contribution in [0.3, 0.4) is 0 Å². The molecule has 0 bridgehead atoms. The number of aromatic nitrogens is 1. The highest BCUT2D eigenvalue weighted by Crippen LogP contribution is 2.08. The molecular weight excluding hydrogens is 118 g/mol. The maximum absolute atomic E-state index is 5.02. The van der Waals surface area contributed by atoms with Crippen molar-refractivity contribution < 1.29 is 9.26 Å². The molecule has 0 radical (unpaired) electrons. The minimum atomic E-state index is 0.565. The average Bonchev–Trinajstić information content (AvgIpc) is 2.17. The van der Waals surface area contributed by atoms with Gasteiger partial charge in [0.25, 0.3) is 5.88 Å². The molecule has 0 atom stereocenters. The molecule has 3 heteroatoms. The topological polar surface area (TPSA) is 35.3 Å². The van der Waals surface area contributed by atoms with Crippen LogP contribution in [0.15, 0.2) is 10.6 Å². The smallest absolute Gasteiger partial charge is 0.254 e. The molecule has 50 valence electrons. The predicted molar refractivity (Wildman–Crippen MR) is 32.4 cm³/mol. The molecule has 1 aromatic heterocycles. The standard InChI is InChI=1S/C6H9NO2/c1-3-8-6-4-5(2)9-7-6/h4H,3H2,1-2H3. The van der Waals surface area contributed by atoms with Gasteiger partial charge in [-0.2, -0.15) is 0 Å². The monoisotopic (exact) mass is 127 g/mol. The lowest BCUT2D eigenvalue weighted by atomic mass is 10.5. The van der Waals surface area contributed by atoms with Crippen LogP contribution in [-0.4, -0.2) is 11.8 Å². The summed E-state index contributed by atoms with van der Waals surface area (Å²) in [6, 6.07) is 1.75. The van der Waals surface area contributed by atoms with Gasteiger partial charge in [0.05, 0.1) is 6.61 Å². The summed E-state index contributed by atoms with van der Waals surface area (Å²) in [5.74, 6) is 1.34. The third-order valence-electron chi connectivity index (χ3n) is 0.899. The molecule has 9 heavy (non-hydrogen) atoms. The highest BCUT2D eigenvalue weighted by Gasteiger charge is 1.96. The van der Waals surface area contributed by atoms with Crippen LogP contribution < -0.4 is 4.74 Å². The Labute approximate surface area is 53.6 Å². The van der Waals surface area contributed by atoms with E-state index in [0.717, 1.165) is 5.76 Å². The summed E-state index contributed by atoms with van der Waals surface area (Å²) in [5.41, 5.74) is 0. The van der Waals surface area contributed by atoms with E-state index in [1.54, 1.807) is 6.07 Å². The molecule has 0 aliphatic rings. The van der Waals surface area contributed by atoms with Crippen LogP contribution >= 0.6 is 0 Å². The maximum atomic E-state index is 5.02. The molecule has 0 aliphatic carbocycles. The molecule has 0 N–H and O–H groups in total. The van der Waals surface area contributed by atoms with Crippen molar-refractivity contribution in [1.29, 1.82) is 0 Å². The molecule has 0 aliphatic heterocycles. The zero-order valence-corrected chi connectivity index (χ0v) is 5.55. The first-order chi connectivity index (χ1) is 4.33. The van der Waals surface area contributed by atoms with Crippen molar-refractivity contribution in [2.45, 2.75) is 13.8 Å². The number of ether oxygens (including phenoxy) is 1. The fourth-order valence-electron chi connectivity index (χ4n) is 0.559. The van der Waals surface area contributed by atoms with E-state index < -0.39 is 0 Å². The molecule has 0 saturated carbocycles. The van der Waals surface area contributed by atoms with Gasteiger partial charge in [0.15, 0.2) is 0 Å². The Bertz CT molecular complexity index is 183. The SMILES string of the molecule is CCOc1cc(C)on1. The van der Waals surface area contributed by atoms with Gasteiger partial charge >= 0.3 is 0 Å². The van der Waals surface area contributed by atoms with Gasteiger partial charge in [0.2, 0.25) is 0 Å². The fourth-order valence-corrected chi connectivity index (χ4v) is 0.559. The summed E-state index contributed by atoms with van der Waals surface area (Å²) in [6.45, 7) is 4.37. The van der Waals surface area contributed by atoms with Crippen LogP contribution in [0, 0.1) is 6.92 Å². The molecule has 1 heterocycles. The summed E-state index contributed by atoms with van der Waals surface area (Å²) < 4.78 is 9.76. The Hall–Kier alpha value is -0.990. The Kier molecular flexibility index (Phi) is 1.72. The van der Waals surface area contributed by atoms with E-state index in [-0.39, 0.29) is 0 Å². The number of hydrogen-bond donors (Lipinski definition) is 0. The van der Waals surface area contributed by atoms with Crippen LogP contribution in [0.25, 0.3) is 0 Å². The molecule has 1 aromatic rings. The molecule has 0 saturated heterocycles. The first kappa shape index (κ1) is 6.13. The zero-order valence-electron chi connectivity index (χ0n) is 5.55. The average molecular weight is 127 g/mol. The third-order valence-corrected chi connectivity index (χ3v) is 0.899. The van der Waals surface area contributed by atoms with E-state index in [0.29, 0.717) is 12.5 Å². The van der Waals surface area contributed by atoms with Gasteiger partial charge in [-0.3, -0.25) is 0 Å². The predicted octanol–water partition coefficient (Wildman–Crippen LogP) is 1.38. The molecule has 0 fully saturated rings. The number of rotatable bonds is 2. The van der Waals surface area contributed by atoms with E-state index >= 15 is 0 Å². The van der Waals surface area contributed by atoms with Gasteiger partial charge in [-0.25, -0.2) is 0 Å². The summed E-state index contributed by atoms with van der Waals surface area (Å²) in [5, 5.41) is 3.61. The van der Waals surface area contributed by atoms with E-state index in [1.807, 2.05) is 13.8 Å². The van der Waals surface area contributed by atoms with Gasteiger partial charge in [-0.15, -0.1) is 0 Å². The van der Waals surface area contributed by atoms with Crippen LogP contribution in [0.1, 0.15) is 12.7 Å². The van der Waals surface area contributed by atoms with Gasteiger partial charge in [-0.05, 0) is 19.0 Å². The van der Waals surface area contributed by atoms with E-state index in [4.69, 9.17) is 9.26 Å². The Balaban J connectivity index is 2.61. The second-order valence-corrected chi connectivity index (χ2v) is 1.71. The van der Waals surface area contributed by atoms with Crippen LogP contribution in [0.4, 0.5) is 0 Å². The minimum Gasteiger partial charge on any atom is -0.476 e. The number of aryl methyl sites for hydroxylation is 1. The number of nitrogens with zero attached hydrogens (tertiary/aromatic N) is 1. The Morgan fingerprint density at radius 2 is 2.56 bits per heavy atom. The molecule has 0 spiro atoms. The molecular formula is C6H9NO2. The normalized spacial score (nSPS) is 9.56. The molecule has 0 aromatic carbocycles. The van der Waals surface area contributed by atoms with Crippen LogP contribution in [0.5, 0.6) is 5.88 Å². The summed E-state index contributed by atoms with van der Waals surface area (Å²) >= 11 is 0. The van der Waals surface area contributed by atoms with Crippen LogP contribution in [0.2, 0.25) is 0 Å². The summed E-state index contributed by atoms with van der Waals surface area (Å²) in [4.78, 5) is 0. The molecule has 0 amide bonds. The van der Waals surface area contributed by atoms with Gasteiger partial charge in [-0.1, -0.05) is 0 Å². The van der Waals surface area contributed by atoms with Crippen LogP contribution in [-0.2, 0) is 0 Å². The fraction of sp³-hybridized carbons (Fsp3) is 0.500. The van der Waals surface area contributed by atoms with Gasteiger partial charge < -0.3 is 9.26 Å². The van der Waals surface area contributed by atoms with Gasteiger partial charge in [0, 0.05) is 6.07 Å². The summed E-state index contributed by atoms with van der Waals surface area (Å²) in [7, 11) is 0. The lowest BCUT2D eigenvalue weighted by Gasteiger charge is -1.91. The lowest BCUT2D eigenvalue weighted by molar-refractivity contribution is 0.291. The van der Waals surface area contributed by atoms with Crippen molar-refractivity contribution >= 4 is 0 Å². The van der Waals surface area contributed by atoms with Crippen molar-refractivity contribution in [3.05, 3.63) is 11.8 Å². The van der Waals surface area contributed by atoms with Crippen molar-refractivity contribution in [3.63, 3.8) is 0 Å². The molecule has 1 rings (SSSR count). The zero-order chi connectivity index (χ0) is 6.69. The largest absolute Gasteiger partial charge is 0.476 e. The Morgan fingerprint density at radius 1 is 1.78 bits per heavy atom. The third kappa shape index (κ3) is 1.45. The minimum absolute atomic E-state index is 0.565. The highest BCUT2D eigenvalue weighted by atomic mass is 16.5. The van der Waals surface area contributed by atoms with Crippen molar-refractivity contribution in [3.8, 4) is 5.88 Å². The number of hydrogen-bond acceptors (Lipinski definition) is 3. The second kappa shape index (κ2) is 2.53. The van der Waals surface area contributed by atoms with Crippen molar-refractivity contribution in [2.75, 3.05) is 6.61 Å².